The average Bonchev–Trinajstić information content (AvgIpc) is 2.85. The number of fused-ring (bicyclic) bond motifs is 3. The second kappa shape index (κ2) is 9.15. The Labute approximate surface area is 207 Å². The molecule has 2 aliphatic rings. The minimum atomic E-state index is 0.712. The Balaban J connectivity index is 1.50. The highest BCUT2D eigenvalue weighted by Gasteiger charge is 2.34. The summed E-state index contributed by atoms with van der Waals surface area (Å²) < 4.78 is 0.979. The monoisotopic (exact) mass is 513 g/mol. The summed E-state index contributed by atoms with van der Waals surface area (Å²) in [7, 11) is 4.05. The highest BCUT2D eigenvalue weighted by atomic mass is 79.9. The molecule has 7 nitrogen and oxygen atoms in total. The van der Waals surface area contributed by atoms with Crippen LogP contribution in [-0.2, 0) is 0 Å². The first-order chi connectivity index (χ1) is 16.5. The van der Waals surface area contributed by atoms with Gasteiger partial charge in [-0.25, -0.2) is 20.0 Å². The highest BCUT2D eigenvalue weighted by molar-refractivity contribution is 9.10. The molecule has 2 heterocycles. The summed E-state index contributed by atoms with van der Waals surface area (Å²) in [5.74, 6) is 2.33. The van der Waals surface area contributed by atoms with Crippen molar-refractivity contribution in [1.82, 2.24) is 10.4 Å². The van der Waals surface area contributed by atoms with Crippen molar-refractivity contribution < 1.29 is 0 Å². The first kappa shape index (κ1) is 21.9. The standard InChI is InChI=1S/C26H24BrN7/c1-18-30-24-14-11-20(27)15-23(24)26-28-17-25(34(33(18)26)22-7-5-4-6-8-22)31-29-16-19-9-12-21(13-10-19)32(2)3/h4-17,31H,1-3H3/b29-16+. The lowest BCUT2D eigenvalue weighted by atomic mass is 10.1. The van der Waals surface area contributed by atoms with Crippen LogP contribution in [0.5, 0.6) is 0 Å². The first-order valence-corrected chi connectivity index (χ1v) is 11.7. The van der Waals surface area contributed by atoms with Gasteiger partial charge in [0.05, 0.1) is 23.8 Å². The number of benzene rings is 3. The molecule has 0 saturated heterocycles. The molecular formula is C26H24BrN7. The van der Waals surface area contributed by atoms with E-state index in [1.165, 1.54) is 0 Å². The van der Waals surface area contributed by atoms with Crippen LogP contribution in [0.2, 0.25) is 0 Å². The fraction of sp³-hybridized carbons (Fsp3) is 0.115. The highest BCUT2D eigenvalue weighted by Crippen LogP contribution is 2.34. The van der Waals surface area contributed by atoms with Crippen molar-refractivity contribution in [1.29, 1.82) is 0 Å². The molecule has 0 unspecified atom stereocenters. The summed E-state index contributed by atoms with van der Waals surface area (Å²) >= 11 is 3.58. The van der Waals surface area contributed by atoms with Gasteiger partial charge in [-0.05, 0) is 55.0 Å². The van der Waals surface area contributed by atoms with E-state index >= 15 is 0 Å². The molecule has 2 aliphatic heterocycles. The lowest BCUT2D eigenvalue weighted by Gasteiger charge is -2.42. The lowest BCUT2D eigenvalue weighted by Crippen LogP contribution is -2.54. The van der Waals surface area contributed by atoms with Gasteiger partial charge in [-0.3, -0.25) is 5.43 Å². The Kier molecular flexibility index (Phi) is 5.90. The van der Waals surface area contributed by atoms with E-state index in [2.05, 4.69) is 43.5 Å². The predicted molar refractivity (Wildman–Crippen MR) is 144 cm³/mol. The molecular weight excluding hydrogens is 490 g/mol. The van der Waals surface area contributed by atoms with E-state index < -0.39 is 0 Å². The van der Waals surface area contributed by atoms with Crippen LogP contribution in [0, 0.1) is 0 Å². The number of halogens is 1. The summed E-state index contributed by atoms with van der Waals surface area (Å²) in [5, 5.41) is 8.54. The van der Waals surface area contributed by atoms with Crippen LogP contribution < -0.4 is 15.3 Å². The van der Waals surface area contributed by atoms with Gasteiger partial charge in [-0.15, -0.1) is 0 Å². The fourth-order valence-electron chi connectivity index (χ4n) is 3.85. The molecule has 5 rings (SSSR count). The number of hydrogen-bond acceptors (Lipinski definition) is 7. The maximum atomic E-state index is 4.83. The SMILES string of the molecule is CC1=Nc2ccc(Br)cc2C2=NC=C(N/N=C/c3ccc(N(C)C)cc3)N(c3ccccc3)N12. The van der Waals surface area contributed by atoms with Gasteiger partial charge in [0.15, 0.2) is 11.7 Å². The first-order valence-electron chi connectivity index (χ1n) is 10.9. The molecule has 0 spiro atoms. The van der Waals surface area contributed by atoms with Crippen LogP contribution in [0.15, 0.2) is 104 Å². The van der Waals surface area contributed by atoms with Crippen molar-refractivity contribution in [3.05, 3.63) is 100 Å². The van der Waals surface area contributed by atoms with Crippen LogP contribution in [0.1, 0.15) is 18.1 Å². The lowest BCUT2D eigenvalue weighted by molar-refractivity contribution is 0.546. The Bertz CT molecular complexity index is 1330. The van der Waals surface area contributed by atoms with Crippen molar-refractivity contribution in [3.63, 3.8) is 0 Å². The number of nitrogens with zero attached hydrogens (tertiary/aromatic N) is 6. The molecule has 0 bridgehead atoms. The Morgan fingerprint density at radius 3 is 2.47 bits per heavy atom. The zero-order chi connectivity index (χ0) is 23.7. The van der Waals surface area contributed by atoms with Crippen molar-refractivity contribution in [2.75, 3.05) is 24.0 Å². The number of amidine groups is 2. The van der Waals surface area contributed by atoms with Crippen molar-refractivity contribution in [2.45, 2.75) is 6.92 Å². The number of nitrogens with one attached hydrogen (secondary N) is 1. The number of hydrogen-bond donors (Lipinski definition) is 1. The maximum Gasteiger partial charge on any atom is 0.165 e. The number of hydrazone groups is 1. The number of para-hydroxylation sites is 1. The largest absolute Gasteiger partial charge is 0.378 e. The molecule has 34 heavy (non-hydrogen) atoms. The summed E-state index contributed by atoms with van der Waals surface area (Å²) in [6, 6.07) is 24.4. The smallest absolute Gasteiger partial charge is 0.165 e. The minimum Gasteiger partial charge on any atom is -0.378 e. The normalized spacial score (nSPS) is 14.8. The van der Waals surface area contributed by atoms with Gasteiger partial charge in [0, 0.05) is 29.8 Å². The molecule has 3 aromatic carbocycles. The predicted octanol–water partition coefficient (Wildman–Crippen LogP) is 5.49. The zero-order valence-corrected chi connectivity index (χ0v) is 20.7. The maximum absolute atomic E-state index is 4.83. The second-order valence-corrected chi connectivity index (χ2v) is 9.02. The van der Waals surface area contributed by atoms with Gasteiger partial charge in [0.1, 0.15) is 5.84 Å². The Morgan fingerprint density at radius 1 is 0.971 bits per heavy atom. The topological polar surface area (TPSA) is 58.8 Å². The molecule has 0 atom stereocenters. The number of aliphatic imine (C=N–C) groups is 2. The molecule has 0 amide bonds. The molecule has 0 aromatic heterocycles. The quantitative estimate of drug-likeness (QED) is 0.362. The third kappa shape index (κ3) is 4.20. The summed E-state index contributed by atoms with van der Waals surface area (Å²) in [4.78, 5) is 11.7. The van der Waals surface area contributed by atoms with E-state index in [0.29, 0.717) is 5.82 Å². The van der Waals surface area contributed by atoms with Crippen LogP contribution in [0.25, 0.3) is 0 Å². The van der Waals surface area contributed by atoms with Gasteiger partial charge in [0.25, 0.3) is 0 Å². The van der Waals surface area contributed by atoms with E-state index in [0.717, 1.165) is 44.3 Å². The molecule has 1 N–H and O–H groups in total. The van der Waals surface area contributed by atoms with Crippen molar-refractivity contribution >= 4 is 50.9 Å². The summed E-state index contributed by atoms with van der Waals surface area (Å²) in [6.45, 7) is 1.98. The van der Waals surface area contributed by atoms with Crippen LogP contribution in [0.4, 0.5) is 17.1 Å². The van der Waals surface area contributed by atoms with E-state index in [1.54, 1.807) is 12.4 Å². The molecule has 3 aromatic rings. The van der Waals surface area contributed by atoms with Crippen LogP contribution >= 0.6 is 15.9 Å². The van der Waals surface area contributed by atoms with Crippen molar-refractivity contribution in [3.8, 4) is 0 Å². The van der Waals surface area contributed by atoms with E-state index in [4.69, 9.17) is 9.98 Å². The Morgan fingerprint density at radius 2 is 1.74 bits per heavy atom. The average molecular weight is 514 g/mol. The Hall–Kier alpha value is -3.91. The minimum absolute atomic E-state index is 0.712. The van der Waals surface area contributed by atoms with E-state index in [9.17, 15) is 0 Å². The molecule has 8 heteroatoms. The third-order valence-corrected chi connectivity index (χ3v) is 6.02. The summed E-state index contributed by atoms with van der Waals surface area (Å²) in [5.41, 5.74) is 8.14. The molecule has 0 aliphatic carbocycles. The van der Waals surface area contributed by atoms with E-state index in [1.807, 2.05) is 91.7 Å². The van der Waals surface area contributed by atoms with Gasteiger partial charge in [-0.2, -0.15) is 5.10 Å². The third-order valence-electron chi connectivity index (χ3n) is 5.53. The number of hydrazine groups is 1. The van der Waals surface area contributed by atoms with Gasteiger partial charge >= 0.3 is 0 Å². The van der Waals surface area contributed by atoms with Gasteiger partial charge in [-0.1, -0.05) is 46.3 Å². The van der Waals surface area contributed by atoms with Gasteiger partial charge in [0.2, 0.25) is 0 Å². The molecule has 0 fully saturated rings. The zero-order valence-electron chi connectivity index (χ0n) is 19.1. The van der Waals surface area contributed by atoms with E-state index in [-0.39, 0.29) is 0 Å². The number of rotatable bonds is 5. The van der Waals surface area contributed by atoms with Crippen LogP contribution in [0.3, 0.4) is 0 Å². The molecule has 0 saturated carbocycles. The summed E-state index contributed by atoms with van der Waals surface area (Å²) in [6.07, 6.45) is 3.60. The van der Waals surface area contributed by atoms with Gasteiger partial charge < -0.3 is 4.90 Å². The fourth-order valence-corrected chi connectivity index (χ4v) is 4.21. The molecule has 170 valence electrons. The van der Waals surface area contributed by atoms with Crippen molar-refractivity contribution in [2.24, 2.45) is 15.1 Å². The second-order valence-electron chi connectivity index (χ2n) is 8.10. The molecule has 0 radical (unpaired) electrons. The van der Waals surface area contributed by atoms with Crippen LogP contribution in [-0.4, -0.2) is 37.0 Å². The number of anilines is 2.